The first-order valence-electron chi connectivity index (χ1n) is 10.00. The van der Waals surface area contributed by atoms with Crippen molar-refractivity contribution >= 4 is 24.2 Å². The number of ether oxygens (including phenoxy) is 1. The highest BCUT2D eigenvalue weighted by Gasteiger charge is 2.30. The van der Waals surface area contributed by atoms with Gasteiger partial charge in [-0.15, -0.1) is 12.4 Å². The summed E-state index contributed by atoms with van der Waals surface area (Å²) in [6, 6.07) is 9.36. The van der Waals surface area contributed by atoms with Crippen LogP contribution in [0.1, 0.15) is 32.6 Å². The molecule has 0 saturated carbocycles. The second kappa shape index (κ2) is 10.7. The van der Waals surface area contributed by atoms with Crippen molar-refractivity contribution in [2.24, 2.45) is 11.3 Å². The van der Waals surface area contributed by atoms with Crippen LogP contribution < -0.4 is 15.4 Å². The highest BCUT2D eigenvalue weighted by Crippen LogP contribution is 2.27. The van der Waals surface area contributed by atoms with E-state index in [4.69, 9.17) is 4.74 Å². The van der Waals surface area contributed by atoms with Crippen molar-refractivity contribution in [3.05, 3.63) is 30.3 Å². The van der Waals surface area contributed by atoms with Gasteiger partial charge in [0.1, 0.15) is 5.75 Å². The Morgan fingerprint density at radius 2 is 1.82 bits per heavy atom. The molecule has 2 aliphatic heterocycles. The van der Waals surface area contributed by atoms with Crippen molar-refractivity contribution in [2.45, 2.75) is 32.6 Å². The summed E-state index contributed by atoms with van der Waals surface area (Å²) in [5.74, 6) is 0.836. The summed E-state index contributed by atoms with van der Waals surface area (Å²) in [6.07, 6.45) is 3.64. The van der Waals surface area contributed by atoms with E-state index >= 15 is 0 Å². The predicted octanol–water partition coefficient (Wildman–Crippen LogP) is 2.23. The maximum atomic E-state index is 12.5. The lowest BCUT2D eigenvalue weighted by Crippen LogP contribution is -2.47. The number of carbonyl (C=O) groups excluding carboxylic acids is 2. The van der Waals surface area contributed by atoms with Crippen LogP contribution in [-0.4, -0.2) is 56.0 Å². The summed E-state index contributed by atoms with van der Waals surface area (Å²) in [6.45, 7) is 6.34. The molecule has 2 amide bonds. The van der Waals surface area contributed by atoms with Crippen molar-refractivity contribution < 1.29 is 14.3 Å². The third-order valence-electron chi connectivity index (χ3n) is 5.82. The summed E-state index contributed by atoms with van der Waals surface area (Å²) >= 11 is 0. The number of halogens is 1. The van der Waals surface area contributed by atoms with Crippen molar-refractivity contribution in [1.29, 1.82) is 0 Å². The lowest BCUT2D eigenvalue weighted by atomic mass is 9.81. The average molecular weight is 410 g/mol. The number of rotatable bonds is 6. The molecule has 28 heavy (non-hydrogen) atoms. The Bertz CT molecular complexity index is 627. The topological polar surface area (TPSA) is 70.7 Å². The van der Waals surface area contributed by atoms with Gasteiger partial charge in [0.05, 0.1) is 0 Å². The van der Waals surface area contributed by atoms with Crippen LogP contribution in [0.4, 0.5) is 0 Å². The molecule has 2 fully saturated rings. The fraction of sp³-hybridized carbons (Fsp3) is 0.619. The van der Waals surface area contributed by atoms with E-state index in [1.807, 2.05) is 30.3 Å². The molecule has 0 radical (unpaired) electrons. The lowest BCUT2D eigenvalue weighted by molar-refractivity contribution is -0.137. The van der Waals surface area contributed by atoms with E-state index in [0.717, 1.165) is 45.3 Å². The molecule has 0 aromatic heterocycles. The van der Waals surface area contributed by atoms with Crippen LogP contribution in [0.15, 0.2) is 30.3 Å². The van der Waals surface area contributed by atoms with E-state index in [-0.39, 0.29) is 42.2 Å². The molecule has 6 nitrogen and oxygen atoms in total. The number of nitrogens with one attached hydrogen (secondary N) is 2. The second-order valence-corrected chi connectivity index (χ2v) is 8.04. The minimum Gasteiger partial charge on any atom is -0.484 e. The van der Waals surface area contributed by atoms with E-state index in [1.54, 1.807) is 4.90 Å². The molecule has 2 heterocycles. The quantitative estimate of drug-likeness (QED) is 0.755. The third kappa shape index (κ3) is 6.38. The first kappa shape index (κ1) is 22.5. The summed E-state index contributed by atoms with van der Waals surface area (Å²) < 4.78 is 5.54. The maximum Gasteiger partial charge on any atom is 0.260 e. The zero-order valence-electron chi connectivity index (χ0n) is 16.6. The van der Waals surface area contributed by atoms with Crippen molar-refractivity contribution in [3.63, 3.8) is 0 Å². The number of piperidine rings is 2. The molecule has 2 N–H and O–H groups in total. The number of para-hydroxylation sites is 1. The van der Waals surface area contributed by atoms with Crippen molar-refractivity contribution in [1.82, 2.24) is 15.5 Å². The number of benzene rings is 1. The number of hydrogen-bond donors (Lipinski definition) is 2. The monoisotopic (exact) mass is 409 g/mol. The van der Waals surface area contributed by atoms with Gasteiger partial charge in [0.15, 0.2) is 6.61 Å². The van der Waals surface area contributed by atoms with Gasteiger partial charge in [0.25, 0.3) is 5.91 Å². The zero-order chi connectivity index (χ0) is 19.1. The van der Waals surface area contributed by atoms with Crippen LogP contribution in [0.2, 0.25) is 0 Å². The zero-order valence-corrected chi connectivity index (χ0v) is 17.4. The van der Waals surface area contributed by atoms with E-state index in [2.05, 4.69) is 17.6 Å². The number of likely N-dealkylation sites (tertiary alicyclic amines) is 1. The van der Waals surface area contributed by atoms with Gasteiger partial charge >= 0.3 is 0 Å². The fourth-order valence-corrected chi connectivity index (χ4v) is 3.80. The van der Waals surface area contributed by atoms with Crippen LogP contribution in [0.25, 0.3) is 0 Å². The van der Waals surface area contributed by atoms with Crippen LogP contribution >= 0.6 is 12.4 Å². The van der Waals surface area contributed by atoms with Crippen LogP contribution in [0, 0.1) is 11.3 Å². The van der Waals surface area contributed by atoms with E-state index in [0.29, 0.717) is 18.8 Å². The summed E-state index contributed by atoms with van der Waals surface area (Å²) in [5.41, 5.74) is 0.201. The number of hydrogen-bond acceptors (Lipinski definition) is 4. The summed E-state index contributed by atoms with van der Waals surface area (Å²) in [7, 11) is 0. The van der Waals surface area contributed by atoms with Crippen LogP contribution in [0.5, 0.6) is 5.75 Å². The molecule has 156 valence electrons. The van der Waals surface area contributed by atoms with Crippen molar-refractivity contribution in [3.8, 4) is 5.75 Å². The van der Waals surface area contributed by atoms with Gasteiger partial charge in [0, 0.05) is 25.6 Å². The Labute approximate surface area is 173 Å². The molecular weight excluding hydrogens is 378 g/mol. The first-order chi connectivity index (χ1) is 13.1. The van der Waals surface area contributed by atoms with Gasteiger partial charge in [-0.1, -0.05) is 25.1 Å². The van der Waals surface area contributed by atoms with Gasteiger partial charge in [0.2, 0.25) is 5.91 Å². The Morgan fingerprint density at radius 1 is 1.18 bits per heavy atom. The number of carbonyl (C=O) groups is 2. The fourth-order valence-electron chi connectivity index (χ4n) is 3.80. The highest BCUT2D eigenvalue weighted by atomic mass is 35.5. The average Bonchev–Trinajstić information content (AvgIpc) is 2.72. The van der Waals surface area contributed by atoms with Gasteiger partial charge in [-0.05, 0) is 56.3 Å². The molecule has 0 atom stereocenters. The molecule has 0 aliphatic carbocycles. The Balaban J connectivity index is 0.00000280. The Kier molecular flexibility index (Phi) is 8.58. The SMILES string of the molecule is CC1(CNC(=O)C2CCN(C(=O)COc3ccccc3)CC2)CCNCC1.Cl. The molecule has 2 aliphatic rings. The largest absolute Gasteiger partial charge is 0.484 e. The van der Waals surface area contributed by atoms with E-state index in [9.17, 15) is 9.59 Å². The Hall–Kier alpha value is -1.79. The van der Waals surface area contributed by atoms with Crippen molar-refractivity contribution in [2.75, 3.05) is 39.3 Å². The molecule has 0 unspecified atom stereocenters. The minimum atomic E-state index is -0.0140. The van der Waals surface area contributed by atoms with Crippen LogP contribution in [0.3, 0.4) is 0 Å². The number of nitrogens with zero attached hydrogens (tertiary/aromatic N) is 1. The molecule has 2 saturated heterocycles. The smallest absolute Gasteiger partial charge is 0.260 e. The molecule has 1 aromatic rings. The first-order valence-corrected chi connectivity index (χ1v) is 10.00. The van der Waals surface area contributed by atoms with E-state index < -0.39 is 0 Å². The van der Waals surface area contributed by atoms with E-state index in [1.165, 1.54) is 0 Å². The molecule has 3 rings (SSSR count). The predicted molar refractivity (Wildman–Crippen MR) is 112 cm³/mol. The second-order valence-electron chi connectivity index (χ2n) is 8.04. The van der Waals surface area contributed by atoms with Gasteiger partial charge < -0.3 is 20.3 Å². The molecule has 1 aromatic carbocycles. The third-order valence-corrected chi connectivity index (χ3v) is 5.82. The van der Waals surface area contributed by atoms with Gasteiger partial charge in [-0.2, -0.15) is 0 Å². The maximum absolute atomic E-state index is 12.5. The number of amides is 2. The lowest BCUT2D eigenvalue weighted by Gasteiger charge is -2.35. The normalized spacial score (nSPS) is 19.4. The molecular formula is C21H32ClN3O3. The minimum absolute atomic E-state index is 0. The molecule has 7 heteroatoms. The summed E-state index contributed by atoms with van der Waals surface area (Å²) in [4.78, 5) is 26.6. The van der Waals surface area contributed by atoms with Gasteiger partial charge in [-0.25, -0.2) is 0 Å². The molecule has 0 bridgehead atoms. The van der Waals surface area contributed by atoms with Gasteiger partial charge in [-0.3, -0.25) is 9.59 Å². The molecule has 0 spiro atoms. The summed E-state index contributed by atoms with van der Waals surface area (Å²) in [5, 5.41) is 6.53. The van der Waals surface area contributed by atoms with Crippen LogP contribution in [-0.2, 0) is 9.59 Å². The highest BCUT2D eigenvalue weighted by molar-refractivity contribution is 5.85. The Morgan fingerprint density at radius 3 is 2.46 bits per heavy atom. The standard InChI is InChI=1S/C21H31N3O3.ClH/c1-21(9-11-22-12-10-21)16-23-20(26)17-7-13-24(14-8-17)19(25)15-27-18-5-3-2-4-6-18;/h2-6,17,22H,7-16H2,1H3,(H,23,26);1H.